The summed E-state index contributed by atoms with van der Waals surface area (Å²) >= 11 is 6.68. The van der Waals surface area contributed by atoms with E-state index in [2.05, 4.69) is 32.1 Å². The molecule has 0 saturated heterocycles. The molecule has 0 aliphatic heterocycles. The van der Waals surface area contributed by atoms with Gasteiger partial charge in [-0.1, -0.05) is 30.4 Å². The van der Waals surface area contributed by atoms with Crippen LogP contribution in [0.4, 0.5) is 11.6 Å². The van der Waals surface area contributed by atoms with E-state index in [0.717, 1.165) is 22.3 Å². The second-order valence-electron chi connectivity index (χ2n) is 8.11. The molecule has 35 heavy (non-hydrogen) atoms. The number of carbonyl (C=O) groups excluding carboxylic acids is 1. The lowest BCUT2D eigenvalue weighted by Gasteiger charge is -2.23. The molecule has 3 aromatic rings. The number of hydrogen-bond donors (Lipinski definition) is 2. The smallest absolute Gasteiger partial charge is 0.271 e. The number of carbonyl (C=O) groups is 1. The molecular formula is C26H29ClN6O2. The number of nitrogen functional groups attached to an aromatic ring is 1. The Morgan fingerprint density at radius 3 is 2.69 bits per heavy atom. The molecule has 1 atom stereocenters. The maximum atomic E-state index is 12.5. The predicted molar refractivity (Wildman–Crippen MR) is 140 cm³/mol. The summed E-state index contributed by atoms with van der Waals surface area (Å²) in [6, 6.07) is 5.17. The van der Waals surface area contributed by atoms with Gasteiger partial charge >= 0.3 is 0 Å². The fourth-order valence-electron chi connectivity index (χ4n) is 3.66. The van der Waals surface area contributed by atoms with Crippen LogP contribution in [0.5, 0.6) is 5.75 Å². The van der Waals surface area contributed by atoms with E-state index in [1.165, 1.54) is 11.2 Å². The average molecular weight is 493 g/mol. The minimum atomic E-state index is -0.275. The van der Waals surface area contributed by atoms with E-state index < -0.39 is 0 Å². The summed E-state index contributed by atoms with van der Waals surface area (Å²) in [5.74, 6) is 7.32. The zero-order valence-corrected chi connectivity index (χ0v) is 21.5. The van der Waals surface area contributed by atoms with Gasteiger partial charge in [0.25, 0.3) is 5.91 Å². The van der Waals surface area contributed by atoms with Crippen molar-refractivity contribution in [3.63, 3.8) is 0 Å². The number of rotatable bonds is 6. The van der Waals surface area contributed by atoms with Gasteiger partial charge in [-0.05, 0) is 43.2 Å². The molecule has 3 rings (SSSR count). The molecule has 0 aliphatic carbocycles. The van der Waals surface area contributed by atoms with Crippen LogP contribution in [0, 0.1) is 18.8 Å². The van der Waals surface area contributed by atoms with Gasteiger partial charge in [0.1, 0.15) is 35.0 Å². The van der Waals surface area contributed by atoms with Crippen LogP contribution in [0.2, 0.25) is 5.02 Å². The number of benzene rings is 1. The zero-order valence-electron chi connectivity index (χ0n) is 20.7. The molecule has 8 nitrogen and oxygen atoms in total. The Morgan fingerprint density at radius 1 is 1.29 bits per heavy atom. The van der Waals surface area contributed by atoms with Crippen LogP contribution in [-0.4, -0.2) is 47.0 Å². The van der Waals surface area contributed by atoms with Crippen LogP contribution in [0.1, 0.15) is 53.5 Å². The van der Waals surface area contributed by atoms with Crippen molar-refractivity contribution in [2.24, 2.45) is 0 Å². The molecule has 1 amide bonds. The van der Waals surface area contributed by atoms with Crippen LogP contribution >= 0.6 is 11.6 Å². The normalized spacial score (nSPS) is 11.3. The minimum absolute atomic E-state index is 0.192. The first kappa shape index (κ1) is 25.8. The highest BCUT2D eigenvalue weighted by molar-refractivity contribution is 6.32. The number of nitrogens with zero attached hydrogens (tertiary/aromatic N) is 4. The number of anilines is 2. The molecule has 0 fully saturated rings. The molecule has 2 aromatic heterocycles. The number of aromatic nitrogens is 3. The topological polar surface area (TPSA) is 106 Å². The van der Waals surface area contributed by atoms with E-state index in [1.54, 1.807) is 33.5 Å². The molecule has 0 spiro atoms. The Kier molecular flexibility index (Phi) is 8.15. The van der Waals surface area contributed by atoms with E-state index in [9.17, 15) is 4.79 Å². The predicted octanol–water partition coefficient (Wildman–Crippen LogP) is 4.73. The first-order valence-corrected chi connectivity index (χ1v) is 11.5. The standard InChI is InChI=1S/C26H29ClN6O2/c1-7-8-9-18-24(28)30-14-31-25(18)32-16(3)19-13-20(27)15(2)22(23(19)35-6)17-10-11-29-21(12-17)26(34)33(4)5/h10-14,16H,7H2,1-6H3,(H3,28,30,31,32). The largest absolute Gasteiger partial charge is 0.496 e. The molecule has 182 valence electrons. The lowest BCUT2D eigenvalue weighted by Crippen LogP contribution is -2.22. The van der Waals surface area contributed by atoms with Crippen LogP contribution in [0.15, 0.2) is 30.7 Å². The zero-order chi connectivity index (χ0) is 25.7. The van der Waals surface area contributed by atoms with Crippen LogP contribution < -0.4 is 15.8 Å². The van der Waals surface area contributed by atoms with Gasteiger partial charge in [-0.2, -0.15) is 0 Å². The summed E-state index contributed by atoms with van der Waals surface area (Å²) in [4.78, 5) is 26.6. The van der Waals surface area contributed by atoms with Gasteiger partial charge in [-0.3, -0.25) is 9.78 Å². The van der Waals surface area contributed by atoms with Gasteiger partial charge in [-0.15, -0.1) is 0 Å². The Bertz CT molecular complexity index is 1310. The van der Waals surface area contributed by atoms with Crippen LogP contribution in [0.3, 0.4) is 0 Å². The van der Waals surface area contributed by atoms with Gasteiger partial charge in [-0.25, -0.2) is 9.97 Å². The SMILES string of the molecule is CCC#Cc1c(N)ncnc1NC(C)c1cc(Cl)c(C)c(-c2ccnc(C(=O)N(C)C)c2)c1OC. The van der Waals surface area contributed by atoms with E-state index in [1.807, 2.05) is 32.9 Å². The van der Waals surface area contributed by atoms with Gasteiger partial charge in [0.2, 0.25) is 0 Å². The monoisotopic (exact) mass is 492 g/mol. The maximum absolute atomic E-state index is 12.5. The third-order valence-electron chi connectivity index (χ3n) is 5.47. The van der Waals surface area contributed by atoms with E-state index in [-0.39, 0.29) is 11.9 Å². The Balaban J connectivity index is 2.12. The lowest BCUT2D eigenvalue weighted by atomic mass is 9.93. The third-order valence-corrected chi connectivity index (χ3v) is 5.86. The van der Waals surface area contributed by atoms with Gasteiger partial charge in [0.15, 0.2) is 0 Å². The molecule has 9 heteroatoms. The molecular weight excluding hydrogens is 464 g/mol. The highest BCUT2D eigenvalue weighted by Gasteiger charge is 2.23. The Labute approximate surface area is 210 Å². The molecule has 3 N–H and O–H groups in total. The van der Waals surface area contributed by atoms with Crippen molar-refractivity contribution < 1.29 is 9.53 Å². The number of methoxy groups -OCH3 is 1. The lowest BCUT2D eigenvalue weighted by molar-refractivity contribution is 0.0822. The first-order valence-electron chi connectivity index (χ1n) is 11.1. The molecule has 1 unspecified atom stereocenters. The quantitative estimate of drug-likeness (QED) is 0.479. The maximum Gasteiger partial charge on any atom is 0.271 e. The van der Waals surface area contributed by atoms with Crippen LogP contribution in [0.25, 0.3) is 11.1 Å². The highest BCUT2D eigenvalue weighted by atomic mass is 35.5. The molecule has 0 saturated carbocycles. The highest BCUT2D eigenvalue weighted by Crippen LogP contribution is 2.43. The average Bonchev–Trinajstić information content (AvgIpc) is 2.84. The third kappa shape index (κ3) is 5.47. The minimum Gasteiger partial charge on any atom is -0.496 e. The van der Waals surface area contributed by atoms with Crippen LogP contribution in [-0.2, 0) is 0 Å². The Hall–Kier alpha value is -3.83. The number of amides is 1. The van der Waals surface area contributed by atoms with Crippen molar-refractivity contribution in [1.29, 1.82) is 0 Å². The summed E-state index contributed by atoms with van der Waals surface area (Å²) in [5, 5.41) is 3.94. The number of hydrogen-bond acceptors (Lipinski definition) is 7. The number of nitrogens with two attached hydrogens (primary N) is 1. The number of ether oxygens (including phenoxy) is 1. The second kappa shape index (κ2) is 11.1. The second-order valence-corrected chi connectivity index (χ2v) is 8.52. The molecule has 2 heterocycles. The number of nitrogens with one attached hydrogen (secondary N) is 1. The summed E-state index contributed by atoms with van der Waals surface area (Å²) in [6.07, 6.45) is 3.68. The van der Waals surface area contributed by atoms with Crippen molar-refractivity contribution in [2.45, 2.75) is 33.2 Å². The van der Waals surface area contributed by atoms with Gasteiger partial charge < -0.3 is 20.7 Å². The van der Waals surface area contributed by atoms with E-state index in [0.29, 0.717) is 40.1 Å². The summed E-state index contributed by atoms with van der Waals surface area (Å²) < 4.78 is 5.89. The van der Waals surface area contributed by atoms with Crippen molar-refractivity contribution in [1.82, 2.24) is 19.9 Å². The van der Waals surface area contributed by atoms with Crippen molar-refractivity contribution in [2.75, 3.05) is 32.3 Å². The van der Waals surface area contributed by atoms with Crippen molar-refractivity contribution in [3.8, 4) is 28.7 Å². The number of pyridine rings is 1. The molecule has 0 aliphatic rings. The van der Waals surface area contributed by atoms with E-state index >= 15 is 0 Å². The molecule has 0 radical (unpaired) electrons. The van der Waals surface area contributed by atoms with Gasteiger partial charge in [0.05, 0.1) is 13.2 Å². The summed E-state index contributed by atoms with van der Waals surface area (Å²) in [6.45, 7) is 5.84. The van der Waals surface area contributed by atoms with E-state index in [4.69, 9.17) is 22.1 Å². The summed E-state index contributed by atoms with van der Waals surface area (Å²) in [5.41, 5.74) is 10.1. The first-order chi connectivity index (χ1) is 16.7. The van der Waals surface area contributed by atoms with Gasteiger partial charge in [0, 0.05) is 42.9 Å². The molecule has 0 bridgehead atoms. The molecule has 1 aromatic carbocycles. The van der Waals surface area contributed by atoms with Crippen molar-refractivity contribution in [3.05, 3.63) is 58.1 Å². The fraction of sp³-hybridized carbons (Fsp3) is 0.308. The Morgan fingerprint density at radius 2 is 2.03 bits per heavy atom. The van der Waals surface area contributed by atoms with Crippen molar-refractivity contribution >= 4 is 29.1 Å². The number of halogens is 1. The fourth-order valence-corrected chi connectivity index (χ4v) is 3.87. The summed E-state index contributed by atoms with van der Waals surface area (Å²) in [7, 11) is 4.98.